The first-order valence-corrected chi connectivity index (χ1v) is 5.73. The largest absolute Gasteiger partial charge is 0.466 e. The summed E-state index contributed by atoms with van der Waals surface area (Å²) in [6.07, 6.45) is 0.401. The molecule has 17 heavy (non-hydrogen) atoms. The van der Waals surface area contributed by atoms with Crippen LogP contribution in [0, 0.1) is 11.3 Å². The van der Waals surface area contributed by atoms with Crippen molar-refractivity contribution in [3.63, 3.8) is 0 Å². The lowest BCUT2D eigenvalue weighted by Crippen LogP contribution is -2.56. The average Bonchev–Trinajstić information content (AvgIpc) is 2.30. The molecule has 1 aliphatic heterocycles. The normalized spacial score (nSPS) is 20.5. The highest BCUT2D eigenvalue weighted by Gasteiger charge is 2.31. The molecular formula is C11H17N3O3. The molecule has 1 heterocycles. The first kappa shape index (κ1) is 13.5. The lowest BCUT2D eigenvalue weighted by molar-refractivity contribution is -0.148. The van der Waals surface area contributed by atoms with Gasteiger partial charge in [-0.15, -0.1) is 0 Å². The average molecular weight is 239 g/mol. The van der Waals surface area contributed by atoms with E-state index < -0.39 is 6.04 Å². The van der Waals surface area contributed by atoms with E-state index in [-0.39, 0.29) is 18.3 Å². The van der Waals surface area contributed by atoms with Crippen LogP contribution in [0.15, 0.2) is 0 Å². The second-order valence-electron chi connectivity index (χ2n) is 3.76. The molecule has 0 aromatic rings. The fourth-order valence-electron chi connectivity index (χ4n) is 1.82. The van der Waals surface area contributed by atoms with Gasteiger partial charge in [-0.05, 0) is 6.92 Å². The van der Waals surface area contributed by atoms with Crippen LogP contribution in [0.25, 0.3) is 0 Å². The van der Waals surface area contributed by atoms with Crippen LogP contribution in [-0.4, -0.2) is 49.1 Å². The number of esters is 1. The van der Waals surface area contributed by atoms with E-state index in [2.05, 4.69) is 5.32 Å². The second-order valence-corrected chi connectivity index (χ2v) is 3.76. The number of hydrogen-bond donors (Lipinski definition) is 1. The minimum atomic E-state index is -0.504. The van der Waals surface area contributed by atoms with E-state index in [4.69, 9.17) is 10.00 Å². The molecule has 0 unspecified atom stereocenters. The maximum Gasteiger partial charge on any atom is 0.307 e. The summed E-state index contributed by atoms with van der Waals surface area (Å²) >= 11 is 0. The van der Waals surface area contributed by atoms with E-state index in [0.29, 0.717) is 32.7 Å². The van der Waals surface area contributed by atoms with Crippen LogP contribution in [0.5, 0.6) is 0 Å². The Hall–Kier alpha value is -1.61. The van der Waals surface area contributed by atoms with Gasteiger partial charge in [0.05, 0.1) is 25.1 Å². The minimum Gasteiger partial charge on any atom is -0.466 e. The molecule has 0 saturated carbocycles. The van der Waals surface area contributed by atoms with Crippen LogP contribution in [0.3, 0.4) is 0 Å². The molecule has 0 aromatic heterocycles. The summed E-state index contributed by atoms with van der Waals surface area (Å²) in [5.74, 6) is -0.543. The minimum absolute atomic E-state index is 0.0467. The van der Waals surface area contributed by atoms with E-state index in [1.165, 1.54) is 0 Å². The topological polar surface area (TPSA) is 82.4 Å². The lowest BCUT2D eigenvalue weighted by atomic mass is 10.1. The molecule has 1 saturated heterocycles. The molecule has 0 bridgehead atoms. The Kier molecular flexibility index (Phi) is 5.43. The van der Waals surface area contributed by atoms with Gasteiger partial charge in [0.25, 0.3) is 0 Å². The molecule has 0 spiro atoms. The van der Waals surface area contributed by atoms with Crippen molar-refractivity contribution >= 4 is 11.9 Å². The molecule has 94 valence electrons. The summed E-state index contributed by atoms with van der Waals surface area (Å²) in [5, 5.41) is 11.3. The Morgan fingerprint density at radius 2 is 2.47 bits per heavy atom. The van der Waals surface area contributed by atoms with Gasteiger partial charge in [0.2, 0.25) is 5.91 Å². The zero-order valence-corrected chi connectivity index (χ0v) is 9.94. The summed E-state index contributed by atoms with van der Waals surface area (Å²) in [4.78, 5) is 24.9. The molecular weight excluding hydrogens is 222 g/mol. The third kappa shape index (κ3) is 4.04. The highest BCUT2D eigenvalue weighted by atomic mass is 16.5. The summed E-state index contributed by atoms with van der Waals surface area (Å²) in [7, 11) is 0. The van der Waals surface area contributed by atoms with Crippen LogP contribution in [-0.2, 0) is 14.3 Å². The number of carbonyl (C=O) groups is 2. The van der Waals surface area contributed by atoms with Gasteiger partial charge in [0, 0.05) is 26.1 Å². The third-order valence-electron chi connectivity index (χ3n) is 2.62. The van der Waals surface area contributed by atoms with Gasteiger partial charge in [0.1, 0.15) is 0 Å². The van der Waals surface area contributed by atoms with E-state index in [9.17, 15) is 9.59 Å². The zero-order chi connectivity index (χ0) is 12.7. The Balaban J connectivity index is 2.57. The van der Waals surface area contributed by atoms with Gasteiger partial charge < -0.3 is 10.1 Å². The number of nitriles is 1. The van der Waals surface area contributed by atoms with Gasteiger partial charge in [-0.2, -0.15) is 5.26 Å². The van der Waals surface area contributed by atoms with Crippen LogP contribution in [0.1, 0.15) is 19.8 Å². The number of piperazine rings is 1. The van der Waals surface area contributed by atoms with Crippen molar-refractivity contribution in [3.8, 4) is 6.07 Å². The van der Waals surface area contributed by atoms with E-state index in [1.54, 1.807) is 6.92 Å². The van der Waals surface area contributed by atoms with Crippen molar-refractivity contribution in [3.05, 3.63) is 0 Å². The van der Waals surface area contributed by atoms with E-state index >= 15 is 0 Å². The van der Waals surface area contributed by atoms with Crippen LogP contribution in [0.4, 0.5) is 0 Å². The standard InChI is InChI=1S/C11H17N3O3/c1-2-17-10(15)8-9-11(16)13-5-7-14(9)6-3-4-12/h9H,2-3,5-8H2,1H3,(H,13,16)/t9-/m0/s1. The summed E-state index contributed by atoms with van der Waals surface area (Å²) in [6, 6.07) is 1.54. The Labute approximate surface area is 101 Å². The number of nitrogens with one attached hydrogen (secondary N) is 1. The van der Waals surface area contributed by atoms with Crippen LogP contribution >= 0.6 is 0 Å². The molecule has 1 atom stereocenters. The summed E-state index contributed by atoms with van der Waals surface area (Å²) in [5.41, 5.74) is 0. The number of rotatable bonds is 5. The van der Waals surface area contributed by atoms with Crippen LogP contribution < -0.4 is 5.32 Å². The molecule has 6 heteroatoms. The fourth-order valence-corrected chi connectivity index (χ4v) is 1.82. The van der Waals surface area contributed by atoms with Gasteiger partial charge in [-0.3, -0.25) is 14.5 Å². The number of ether oxygens (including phenoxy) is 1. The molecule has 1 rings (SSSR count). The van der Waals surface area contributed by atoms with Crippen molar-refractivity contribution in [2.24, 2.45) is 0 Å². The van der Waals surface area contributed by atoms with Crippen molar-refractivity contribution in [2.45, 2.75) is 25.8 Å². The fraction of sp³-hybridized carbons (Fsp3) is 0.727. The molecule has 0 aliphatic carbocycles. The number of nitrogens with zero attached hydrogens (tertiary/aromatic N) is 2. The molecule has 1 aliphatic rings. The SMILES string of the molecule is CCOC(=O)C[C@H]1C(=O)NCCN1CCC#N. The van der Waals surface area contributed by atoms with E-state index in [0.717, 1.165) is 0 Å². The first-order valence-electron chi connectivity index (χ1n) is 5.73. The highest BCUT2D eigenvalue weighted by molar-refractivity contribution is 5.87. The molecule has 6 nitrogen and oxygen atoms in total. The van der Waals surface area contributed by atoms with Crippen molar-refractivity contribution in [1.29, 1.82) is 5.26 Å². The smallest absolute Gasteiger partial charge is 0.307 e. The number of amides is 1. The number of hydrogen-bond acceptors (Lipinski definition) is 5. The third-order valence-corrected chi connectivity index (χ3v) is 2.62. The summed E-state index contributed by atoms with van der Waals surface area (Å²) in [6.45, 7) is 3.77. The molecule has 1 fully saturated rings. The van der Waals surface area contributed by atoms with Crippen molar-refractivity contribution in [1.82, 2.24) is 10.2 Å². The van der Waals surface area contributed by atoms with Crippen molar-refractivity contribution < 1.29 is 14.3 Å². The quantitative estimate of drug-likeness (QED) is 0.663. The summed E-state index contributed by atoms with van der Waals surface area (Å²) < 4.78 is 4.84. The van der Waals surface area contributed by atoms with Gasteiger partial charge in [-0.1, -0.05) is 0 Å². The number of carbonyl (C=O) groups excluding carboxylic acids is 2. The molecule has 0 radical (unpaired) electrons. The van der Waals surface area contributed by atoms with Crippen molar-refractivity contribution in [2.75, 3.05) is 26.2 Å². The first-order chi connectivity index (χ1) is 8.19. The predicted molar refractivity (Wildman–Crippen MR) is 59.9 cm³/mol. The van der Waals surface area contributed by atoms with Gasteiger partial charge in [-0.25, -0.2) is 0 Å². The Morgan fingerprint density at radius 1 is 1.71 bits per heavy atom. The molecule has 0 aromatic carbocycles. The predicted octanol–water partition coefficient (Wildman–Crippen LogP) is -0.346. The highest BCUT2D eigenvalue weighted by Crippen LogP contribution is 2.10. The monoisotopic (exact) mass is 239 g/mol. The van der Waals surface area contributed by atoms with Gasteiger partial charge in [0.15, 0.2) is 0 Å². The van der Waals surface area contributed by atoms with Gasteiger partial charge >= 0.3 is 5.97 Å². The second kappa shape index (κ2) is 6.86. The maximum atomic E-state index is 11.7. The van der Waals surface area contributed by atoms with E-state index in [1.807, 2.05) is 11.0 Å². The maximum absolute atomic E-state index is 11.7. The Bertz CT molecular complexity index is 324. The lowest BCUT2D eigenvalue weighted by Gasteiger charge is -2.33. The Morgan fingerprint density at radius 3 is 3.12 bits per heavy atom. The molecule has 1 N–H and O–H groups in total. The molecule has 1 amide bonds. The zero-order valence-electron chi connectivity index (χ0n) is 9.94. The van der Waals surface area contributed by atoms with Crippen LogP contribution in [0.2, 0.25) is 0 Å².